The highest BCUT2D eigenvalue weighted by Crippen LogP contribution is 2.27. The van der Waals surface area contributed by atoms with Crippen molar-refractivity contribution in [3.8, 4) is 16.3 Å². The largest absolute Gasteiger partial charge is 0.486 e. The van der Waals surface area contributed by atoms with E-state index in [2.05, 4.69) is 20.6 Å². The second kappa shape index (κ2) is 8.04. The highest BCUT2D eigenvalue weighted by Gasteiger charge is 2.14. The van der Waals surface area contributed by atoms with Crippen LogP contribution in [-0.4, -0.2) is 25.7 Å². The van der Waals surface area contributed by atoms with Crippen LogP contribution in [0.4, 0.5) is 5.69 Å². The molecule has 0 aliphatic heterocycles. The number of hydrogen-bond acceptors (Lipinski definition) is 7. The number of rotatable bonds is 6. The summed E-state index contributed by atoms with van der Waals surface area (Å²) in [5.74, 6) is 1.91. The third-order valence-corrected chi connectivity index (χ3v) is 5.47. The SMILES string of the molecule is Cc1nnc2sc(-c3cccc(NC(=O)c4ccc(COc5ccccc5)o4)c3)nn12. The van der Waals surface area contributed by atoms with E-state index in [4.69, 9.17) is 9.15 Å². The molecule has 0 radical (unpaired) electrons. The normalized spacial score (nSPS) is 11.0. The Morgan fingerprint density at radius 2 is 1.97 bits per heavy atom. The molecule has 1 N–H and O–H groups in total. The van der Waals surface area contributed by atoms with Crippen LogP contribution < -0.4 is 10.1 Å². The lowest BCUT2D eigenvalue weighted by atomic mass is 10.2. The van der Waals surface area contributed by atoms with Crippen LogP contribution in [0.25, 0.3) is 15.5 Å². The van der Waals surface area contributed by atoms with Crippen LogP contribution in [0, 0.1) is 6.92 Å². The van der Waals surface area contributed by atoms with E-state index >= 15 is 0 Å². The summed E-state index contributed by atoms with van der Waals surface area (Å²) in [7, 11) is 0. The third-order valence-electron chi connectivity index (χ3n) is 4.52. The first kappa shape index (κ1) is 19.0. The Morgan fingerprint density at radius 3 is 2.81 bits per heavy atom. The molecule has 3 heterocycles. The highest BCUT2D eigenvalue weighted by molar-refractivity contribution is 7.19. The molecule has 5 aromatic rings. The van der Waals surface area contributed by atoms with E-state index in [1.807, 2.05) is 61.5 Å². The smallest absolute Gasteiger partial charge is 0.291 e. The Kier molecular flexibility index (Phi) is 4.93. The number of amides is 1. The molecule has 0 saturated carbocycles. The average Bonchev–Trinajstić information content (AvgIpc) is 3.51. The number of benzene rings is 2. The summed E-state index contributed by atoms with van der Waals surface area (Å²) in [6, 6.07) is 20.3. The zero-order valence-electron chi connectivity index (χ0n) is 16.5. The summed E-state index contributed by atoms with van der Waals surface area (Å²) in [5.41, 5.74) is 1.52. The Morgan fingerprint density at radius 1 is 1.10 bits per heavy atom. The minimum Gasteiger partial charge on any atom is -0.486 e. The summed E-state index contributed by atoms with van der Waals surface area (Å²) in [4.78, 5) is 13.3. The summed E-state index contributed by atoms with van der Waals surface area (Å²) in [6.45, 7) is 2.09. The molecule has 0 unspecified atom stereocenters. The monoisotopic (exact) mass is 431 g/mol. The number of nitrogens with one attached hydrogen (secondary N) is 1. The van der Waals surface area contributed by atoms with Crippen molar-refractivity contribution in [1.29, 1.82) is 0 Å². The van der Waals surface area contributed by atoms with Crippen LogP contribution in [0.5, 0.6) is 5.75 Å². The maximum absolute atomic E-state index is 12.6. The number of nitrogens with zero attached hydrogens (tertiary/aromatic N) is 4. The number of anilines is 1. The molecule has 0 bridgehead atoms. The number of para-hydroxylation sites is 1. The van der Waals surface area contributed by atoms with E-state index in [1.165, 1.54) is 11.3 Å². The van der Waals surface area contributed by atoms with Gasteiger partial charge in [-0.1, -0.05) is 41.7 Å². The Hall–Kier alpha value is -3.98. The van der Waals surface area contributed by atoms with Crippen molar-refractivity contribution in [2.75, 3.05) is 5.32 Å². The first-order chi connectivity index (χ1) is 15.2. The van der Waals surface area contributed by atoms with Crippen LogP contribution >= 0.6 is 11.3 Å². The van der Waals surface area contributed by atoms with Gasteiger partial charge >= 0.3 is 0 Å². The topological polar surface area (TPSA) is 94.5 Å². The van der Waals surface area contributed by atoms with Gasteiger partial charge in [0.25, 0.3) is 5.91 Å². The number of carbonyl (C=O) groups is 1. The van der Waals surface area contributed by atoms with Gasteiger partial charge in [0, 0.05) is 11.3 Å². The minimum absolute atomic E-state index is 0.214. The van der Waals surface area contributed by atoms with Gasteiger partial charge in [-0.05, 0) is 43.3 Å². The molecule has 3 aromatic heterocycles. The molecule has 0 atom stereocenters. The van der Waals surface area contributed by atoms with Gasteiger partial charge in [0.1, 0.15) is 23.1 Å². The van der Waals surface area contributed by atoms with E-state index < -0.39 is 0 Å². The Balaban J connectivity index is 1.27. The van der Waals surface area contributed by atoms with Crippen LogP contribution in [0.15, 0.2) is 71.1 Å². The van der Waals surface area contributed by atoms with E-state index in [9.17, 15) is 4.79 Å². The van der Waals surface area contributed by atoms with Gasteiger partial charge in [0.2, 0.25) is 4.96 Å². The second-order valence-electron chi connectivity index (χ2n) is 6.75. The molecule has 31 heavy (non-hydrogen) atoms. The maximum Gasteiger partial charge on any atom is 0.291 e. The maximum atomic E-state index is 12.6. The second-order valence-corrected chi connectivity index (χ2v) is 7.71. The lowest BCUT2D eigenvalue weighted by Gasteiger charge is -2.05. The zero-order valence-corrected chi connectivity index (χ0v) is 17.3. The highest BCUT2D eigenvalue weighted by atomic mass is 32.1. The Bertz CT molecular complexity index is 1360. The van der Waals surface area contributed by atoms with Gasteiger partial charge in [-0.25, -0.2) is 0 Å². The van der Waals surface area contributed by atoms with Crippen molar-refractivity contribution in [3.63, 3.8) is 0 Å². The molecule has 0 spiro atoms. The molecule has 0 fully saturated rings. The van der Waals surface area contributed by atoms with E-state index in [1.54, 1.807) is 16.6 Å². The van der Waals surface area contributed by atoms with Gasteiger partial charge in [0.05, 0.1) is 0 Å². The molecule has 154 valence electrons. The number of carbonyl (C=O) groups excluding carboxylic acids is 1. The predicted octanol–water partition coefficient (Wildman–Crippen LogP) is 4.59. The van der Waals surface area contributed by atoms with Gasteiger partial charge in [-0.3, -0.25) is 4.79 Å². The minimum atomic E-state index is -0.336. The van der Waals surface area contributed by atoms with E-state index in [-0.39, 0.29) is 18.3 Å². The third kappa shape index (κ3) is 4.03. The molecular weight excluding hydrogens is 414 g/mol. The van der Waals surface area contributed by atoms with Crippen molar-refractivity contribution in [2.24, 2.45) is 0 Å². The fraction of sp³-hybridized carbons (Fsp3) is 0.0909. The molecule has 9 heteroatoms. The molecule has 0 aliphatic carbocycles. The summed E-state index contributed by atoms with van der Waals surface area (Å²) in [5, 5.41) is 16.3. The number of aromatic nitrogens is 4. The van der Waals surface area contributed by atoms with Crippen molar-refractivity contribution in [3.05, 3.63) is 84.1 Å². The molecule has 2 aromatic carbocycles. The van der Waals surface area contributed by atoms with Crippen LogP contribution in [0.2, 0.25) is 0 Å². The molecule has 5 rings (SSSR count). The number of ether oxygens (including phenoxy) is 1. The fourth-order valence-electron chi connectivity index (χ4n) is 3.00. The van der Waals surface area contributed by atoms with Gasteiger partial charge < -0.3 is 14.5 Å². The quantitative estimate of drug-likeness (QED) is 0.423. The standard InChI is InChI=1S/C22H17N5O3S/c1-14-24-25-22-27(14)26-21(31-22)15-6-5-7-16(12-15)23-20(28)19-11-10-18(30-19)13-29-17-8-3-2-4-9-17/h2-12H,13H2,1H3,(H,23,28). The summed E-state index contributed by atoms with van der Waals surface area (Å²) < 4.78 is 13.0. The van der Waals surface area contributed by atoms with Crippen molar-refractivity contribution < 1.29 is 13.9 Å². The van der Waals surface area contributed by atoms with Crippen LogP contribution in [-0.2, 0) is 6.61 Å². The average molecular weight is 431 g/mol. The van der Waals surface area contributed by atoms with Crippen molar-refractivity contribution in [1.82, 2.24) is 19.8 Å². The van der Waals surface area contributed by atoms with Gasteiger partial charge in [-0.2, -0.15) is 9.61 Å². The predicted molar refractivity (Wildman–Crippen MR) is 116 cm³/mol. The lowest BCUT2D eigenvalue weighted by Crippen LogP contribution is -2.10. The molecule has 0 saturated heterocycles. The van der Waals surface area contributed by atoms with Crippen molar-refractivity contribution >= 4 is 27.9 Å². The fourth-order valence-corrected chi connectivity index (χ4v) is 3.88. The molecule has 1 amide bonds. The number of furan rings is 1. The number of aryl methyl sites for hydroxylation is 1. The molecule has 8 nitrogen and oxygen atoms in total. The molecular formula is C22H17N5O3S. The number of hydrogen-bond donors (Lipinski definition) is 1. The van der Waals surface area contributed by atoms with Gasteiger partial charge in [0.15, 0.2) is 11.6 Å². The number of fused-ring (bicyclic) bond motifs is 1. The zero-order chi connectivity index (χ0) is 21.2. The van der Waals surface area contributed by atoms with E-state index in [0.717, 1.165) is 27.1 Å². The molecule has 0 aliphatic rings. The Labute approximate surface area is 181 Å². The lowest BCUT2D eigenvalue weighted by molar-refractivity contribution is 0.0992. The van der Waals surface area contributed by atoms with Crippen molar-refractivity contribution in [2.45, 2.75) is 13.5 Å². The van der Waals surface area contributed by atoms with Crippen LogP contribution in [0.3, 0.4) is 0 Å². The first-order valence-electron chi connectivity index (χ1n) is 9.53. The summed E-state index contributed by atoms with van der Waals surface area (Å²) >= 11 is 1.44. The van der Waals surface area contributed by atoms with Gasteiger partial charge in [-0.15, -0.1) is 10.2 Å². The van der Waals surface area contributed by atoms with Crippen LogP contribution in [0.1, 0.15) is 22.1 Å². The van der Waals surface area contributed by atoms with E-state index in [0.29, 0.717) is 11.4 Å². The summed E-state index contributed by atoms with van der Waals surface area (Å²) in [6.07, 6.45) is 0. The first-order valence-corrected chi connectivity index (χ1v) is 10.3.